The Kier molecular flexibility index (Phi) is 2.72. The van der Waals surface area contributed by atoms with Crippen molar-refractivity contribution in [1.82, 2.24) is 10.2 Å². The number of fused-ring (bicyclic) bond motifs is 1. The van der Waals surface area contributed by atoms with Crippen molar-refractivity contribution in [2.24, 2.45) is 4.99 Å². The fourth-order valence-corrected chi connectivity index (χ4v) is 3.17. The maximum absolute atomic E-state index is 12.1. The Balaban J connectivity index is 1.87. The van der Waals surface area contributed by atoms with Crippen LogP contribution in [0.1, 0.15) is 11.1 Å². The van der Waals surface area contributed by atoms with Gasteiger partial charge in [0.25, 0.3) is 5.56 Å². The number of rotatable bonds is 2. The molecule has 0 radical (unpaired) electrons. The second-order valence-corrected chi connectivity index (χ2v) is 5.67. The van der Waals surface area contributed by atoms with Crippen LogP contribution in [-0.4, -0.2) is 16.4 Å². The van der Waals surface area contributed by atoms with Crippen molar-refractivity contribution in [1.29, 1.82) is 0 Å². The minimum atomic E-state index is -0.122. The van der Waals surface area contributed by atoms with Gasteiger partial charge in [0, 0.05) is 17.4 Å². The van der Waals surface area contributed by atoms with E-state index in [0.717, 1.165) is 27.4 Å². The smallest absolute Gasteiger partial charge is 0.271 e. The summed E-state index contributed by atoms with van der Waals surface area (Å²) in [4.78, 5) is 17.5. The summed E-state index contributed by atoms with van der Waals surface area (Å²) in [6.45, 7) is 0. The Morgan fingerprint density at radius 1 is 1.10 bits per heavy atom. The van der Waals surface area contributed by atoms with Crippen LogP contribution in [0.5, 0.6) is 0 Å². The van der Waals surface area contributed by atoms with E-state index in [1.54, 1.807) is 17.6 Å². The van der Waals surface area contributed by atoms with Gasteiger partial charge in [-0.05, 0) is 23.6 Å². The first-order valence-corrected chi connectivity index (χ1v) is 7.40. The summed E-state index contributed by atoms with van der Waals surface area (Å²) in [7, 11) is 0. The highest BCUT2D eigenvalue weighted by Crippen LogP contribution is 2.33. The molecular weight excluding hydrogens is 282 g/mol. The van der Waals surface area contributed by atoms with Crippen molar-refractivity contribution in [3.8, 4) is 10.6 Å². The second kappa shape index (κ2) is 4.71. The molecule has 4 rings (SSSR count). The van der Waals surface area contributed by atoms with Crippen molar-refractivity contribution in [3.63, 3.8) is 0 Å². The zero-order valence-electron chi connectivity index (χ0n) is 11.0. The summed E-state index contributed by atoms with van der Waals surface area (Å²) in [6, 6.07) is 11.9. The van der Waals surface area contributed by atoms with Crippen LogP contribution in [-0.2, 0) is 0 Å². The van der Waals surface area contributed by atoms with Gasteiger partial charge in [-0.25, -0.2) is 0 Å². The van der Waals surface area contributed by atoms with Crippen molar-refractivity contribution >= 4 is 34.9 Å². The second-order valence-electron chi connectivity index (χ2n) is 4.72. The first-order chi connectivity index (χ1) is 10.3. The topological polar surface area (TPSA) is 61.0 Å². The highest BCUT2D eigenvalue weighted by atomic mass is 32.1. The van der Waals surface area contributed by atoms with Crippen molar-refractivity contribution in [3.05, 3.63) is 63.3 Å². The van der Waals surface area contributed by atoms with Crippen LogP contribution in [0.3, 0.4) is 0 Å². The van der Waals surface area contributed by atoms with Gasteiger partial charge in [0.1, 0.15) is 0 Å². The SMILES string of the molecule is O=c1[nH][nH]c(-c2cccs2)c1C=C1C=Nc2ccccc21. The van der Waals surface area contributed by atoms with Crippen LogP contribution >= 0.6 is 11.3 Å². The predicted octanol–water partition coefficient (Wildman–Crippen LogP) is 3.69. The minimum Gasteiger partial charge on any atom is -0.296 e. The summed E-state index contributed by atoms with van der Waals surface area (Å²) in [6.07, 6.45) is 3.69. The van der Waals surface area contributed by atoms with E-state index in [4.69, 9.17) is 0 Å². The Morgan fingerprint density at radius 2 is 2.00 bits per heavy atom. The van der Waals surface area contributed by atoms with Gasteiger partial charge < -0.3 is 0 Å². The van der Waals surface area contributed by atoms with Gasteiger partial charge in [0.15, 0.2) is 0 Å². The third-order valence-electron chi connectivity index (χ3n) is 3.44. The Morgan fingerprint density at radius 3 is 2.86 bits per heavy atom. The normalized spacial score (nSPS) is 14.8. The van der Waals surface area contributed by atoms with Gasteiger partial charge in [-0.2, -0.15) is 0 Å². The molecule has 0 aliphatic carbocycles. The number of aromatic amines is 2. The Labute approximate surface area is 124 Å². The lowest BCUT2D eigenvalue weighted by Crippen LogP contribution is -2.02. The van der Waals surface area contributed by atoms with E-state index in [1.807, 2.05) is 47.9 Å². The molecule has 0 bridgehead atoms. The van der Waals surface area contributed by atoms with Gasteiger partial charge in [0.05, 0.1) is 21.8 Å². The van der Waals surface area contributed by atoms with Gasteiger partial charge in [-0.1, -0.05) is 24.3 Å². The summed E-state index contributed by atoms with van der Waals surface area (Å²) in [5.41, 5.74) is 4.27. The highest BCUT2D eigenvalue weighted by Gasteiger charge is 2.15. The number of hydrogen-bond acceptors (Lipinski definition) is 3. The molecule has 1 aliphatic rings. The average molecular weight is 293 g/mol. The molecule has 0 spiro atoms. The minimum absolute atomic E-state index is 0.122. The lowest BCUT2D eigenvalue weighted by atomic mass is 10.0. The molecule has 0 atom stereocenters. The molecule has 1 aliphatic heterocycles. The molecule has 0 amide bonds. The van der Waals surface area contributed by atoms with Crippen molar-refractivity contribution < 1.29 is 0 Å². The molecule has 102 valence electrons. The maximum Gasteiger partial charge on any atom is 0.271 e. The van der Waals surface area contributed by atoms with Crippen LogP contribution in [0.25, 0.3) is 22.2 Å². The first-order valence-electron chi connectivity index (χ1n) is 6.52. The molecule has 21 heavy (non-hydrogen) atoms. The van der Waals surface area contributed by atoms with Gasteiger partial charge in [-0.3, -0.25) is 20.0 Å². The van der Waals surface area contributed by atoms with Gasteiger partial charge >= 0.3 is 0 Å². The van der Waals surface area contributed by atoms with E-state index in [-0.39, 0.29) is 5.56 Å². The molecule has 3 heterocycles. The predicted molar refractivity (Wildman–Crippen MR) is 87.2 cm³/mol. The maximum atomic E-state index is 12.1. The first kappa shape index (κ1) is 12.1. The number of benzene rings is 1. The average Bonchev–Trinajstić information content (AvgIpc) is 3.21. The third kappa shape index (κ3) is 1.98. The fraction of sp³-hybridized carbons (Fsp3) is 0. The molecule has 0 unspecified atom stereocenters. The number of aliphatic imine (C=N–C) groups is 1. The van der Waals surface area contributed by atoms with Crippen LogP contribution in [0.15, 0.2) is 51.6 Å². The number of aromatic nitrogens is 2. The molecule has 0 fully saturated rings. The molecule has 2 aromatic heterocycles. The molecule has 5 heteroatoms. The van der Waals surface area contributed by atoms with Crippen molar-refractivity contribution in [2.45, 2.75) is 0 Å². The lowest BCUT2D eigenvalue weighted by molar-refractivity contribution is 1.06. The number of thiophene rings is 1. The van der Waals surface area contributed by atoms with Gasteiger partial charge in [-0.15, -0.1) is 11.3 Å². The van der Waals surface area contributed by atoms with E-state index in [9.17, 15) is 4.79 Å². The summed E-state index contributed by atoms with van der Waals surface area (Å²) < 4.78 is 0. The number of H-pyrrole nitrogens is 2. The number of hydrogen-bond donors (Lipinski definition) is 2. The zero-order chi connectivity index (χ0) is 14.2. The molecule has 2 N–H and O–H groups in total. The monoisotopic (exact) mass is 293 g/mol. The molecule has 0 saturated heterocycles. The number of allylic oxidation sites excluding steroid dienone is 1. The van der Waals surface area contributed by atoms with E-state index in [1.165, 1.54) is 0 Å². The quantitative estimate of drug-likeness (QED) is 0.743. The fourth-order valence-electron chi connectivity index (χ4n) is 2.43. The molecule has 3 aromatic rings. The lowest BCUT2D eigenvalue weighted by Gasteiger charge is -1.99. The van der Waals surface area contributed by atoms with Crippen LogP contribution in [0.2, 0.25) is 0 Å². The van der Waals surface area contributed by atoms with Gasteiger partial charge in [0.2, 0.25) is 0 Å². The highest BCUT2D eigenvalue weighted by molar-refractivity contribution is 7.13. The summed E-state index contributed by atoms with van der Waals surface area (Å²) >= 11 is 1.59. The van der Waals surface area contributed by atoms with E-state index >= 15 is 0 Å². The van der Waals surface area contributed by atoms with E-state index in [2.05, 4.69) is 15.2 Å². The molecule has 4 nitrogen and oxygen atoms in total. The van der Waals surface area contributed by atoms with Crippen LogP contribution in [0.4, 0.5) is 5.69 Å². The zero-order valence-corrected chi connectivity index (χ0v) is 11.8. The molecular formula is C16H11N3OS. The van der Waals surface area contributed by atoms with Crippen LogP contribution in [0, 0.1) is 0 Å². The largest absolute Gasteiger partial charge is 0.296 e. The van der Waals surface area contributed by atoms with Crippen LogP contribution < -0.4 is 5.56 Å². The summed E-state index contributed by atoms with van der Waals surface area (Å²) in [5.74, 6) is 0. The standard InChI is InChI=1S/C16H11N3OS/c20-16-12(15(18-19-16)14-6-3-7-21-14)8-10-9-17-13-5-2-1-4-11(10)13/h1-9H,(H2,18,19,20). The Bertz CT molecular complexity index is 913. The third-order valence-corrected chi connectivity index (χ3v) is 4.33. The molecule has 0 saturated carbocycles. The van der Waals surface area contributed by atoms with Crippen molar-refractivity contribution in [2.75, 3.05) is 0 Å². The molecule has 1 aromatic carbocycles. The van der Waals surface area contributed by atoms with E-state index < -0.39 is 0 Å². The Hall–Kier alpha value is -2.66. The summed E-state index contributed by atoms with van der Waals surface area (Å²) in [5, 5.41) is 7.61. The number of nitrogens with zero attached hydrogens (tertiary/aromatic N) is 1. The number of para-hydroxylation sites is 1. The number of nitrogens with one attached hydrogen (secondary N) is 2. The van der Waals surface area contributed by atoms with E-state index in [0.29, 0.717) is 5.56 Å².